The molecule has 1 unspecified atom stereocenters. The summed E-state index contributed by atoms with van der Waals surface area (Å²) in [6.45, 7) is 7.77. The van der Waals surface area contributed by atoms with Crippen molar-refractivity contribution in [2.24, 2.45) is 0 Å². The van der Waals surface area contributed by atoms with E-state index in [2.05, 4.69) is 56.0 Å². The molecule has 31 heavy (non-hydrogen) atoms. The van der Waals surface area contributed by atoms with Gasteiger partial charge in [-0.3, -0.25) is 4.90 Å². The van der Waals surface area contributed by atoms with E-state index in [4.69, 9.17) is 0 Å². The third kappa shape index (κ3) is 5.03. The fourth-order valence-corrected chi connectivity index (χ4v) is 5.13. The van der Waals surface area contributed by atoms with Crippen LogP contribution in [-0.2, 0) is 24.2 Å². The van der Waals surface area contributed by atoms with Crippen molar-refractivity contribution in [2.75, 3.05) is 6.54 Å². The van der Waals surface area contributed by atoms with E-state index in [9.17, 15) is 0 Å². The third-order valence-electron chi connectivity index (χ3n) is 7.35. The lowest BCUT2D eigenvalue weighted by atomic mass is 9.88. The molecule has 0 spiro atoms. The highest BCUT2D eigenvalue weighted by Crippen LogP contribution is 2.56. The molecule has 2 aromatic carbocycles. The molecule has 0 N–H and O–H groups in total. The SMILES string of the molecule is CCC(CCc1c(C2(F)CC2)cccc1C1(F)CC1)N(CCc1ccccc1)C(C)C. The van der Waals surface area contributed by atoms with Crippen LogP contribution in [0.4, 0.5) is 8.78 Å². The Balaban J connectivity index is 1.51. The van der Waals surface area contributed by atoms with Crippen LogP contribution in [0.25, 0.3) is 0 Å². The van der Waals surface area contributed by atoms with E-state index in [1.165, 1.54) is 5.56 Å². The minimum absolute atomic E-state index is 0.411. The van der Waals surface area contributed by atoms with Gasteiger partial charge in [-0.1, -0.05) is 55.5 Å². The molecule has 0 radical (unpaired) electrons. The average Bonchev–Trinajstić information content (AvgIpc) is 3.70. The first-order valence-electron chi connectivity index (χ1n) is 12.2. The molecule has 1 nitrogen and oxygen atoms in total. The maximum absolute atomic E-state index is 15.2. The number of hydrogen-bond donors (Lipinski definition) is 0. The van der Waals surface area contributed by atoms with Crippen LogP contribution in [0.3, 0.4) is 0 Å². The lowest BCUT2D eigenvalue weighted by Crippen LogP contribution is -2.42. The Morgan fingerprint density at radius 3 is 1.90 bits per heavy atom. The summed E-state index contributed by atoms with van der Waals surface area (Å²) in [5.41, 5.74) is 1.42. The molecule has 0 saturated heterocycles. The van der Waals surface area contributed by atoms with Gasteiger partial charge in [-0.05, 0) is 87.5 Å². The predicted octanol–water partition coefficient (Wildman–Crippen LogP) is 7.27. The molecular formula is C28H37F2N. The van der Waals surface area contributed by atoms with Crippen LogP contribution in [0, 0.1) is 0 Å². The monoisotopic (exact) mass is 425 g/mol. The van der Waals surface area contributed by atoms with Gasteiger partial charge in [0.05, 0.1) is 0 Å². The summed E-state index contributed by atoms with van der Waals surface area (Å²) < 4.78 is 30.3. The van der Waals surface area contributed by atoms with Gasteiger partial charge in [-0.15, -0.1) is 0 Å². The molecule has 0 bridgehead atoms. The molecule has 2 aliphatic carbocycles. The lowest BCUT2D eigenvalue weighted by Gasteiger charge is -2.35. The van der Waals surface area contributed by atoms with E-state index in [0.29, 0.717) is 37.8 Å². The number of rotatable bonds is 11. The molecule has 0 heterocycles. The summed E-state index contributed by atoms with van der Waals surface area (Å²) in [4.78, 5) is 2.58. The van der Waals surface area contributed by atoms with E-state index in [-0.39, 0.29) is 0 Å². The first-order chi connectivity index (χ1) is 14.9. The van der Waals surface area contributed by atoms with Gasteiger partial charge in [0.2, 0.25) is 0 Å². The number of alkyl halides is 2. The highest BCUT2D eigenvalue weighted by molar-refractivity contribution is 5.46. The Labute approximate surface area is 186 Å². The molecule has 1 atom stereocenters. The first kappa shape index (κ1) is 22.5. The Kier molecular flexibility index (Phi) is 6.53. The van der Waals surface area contributed by atoms with Crippen LogP contribution in [0.5, 0.6) is 0 Å². The molecule has 0 aliphatic heterocycles. The summed E-state index contributed by atoms with van der Waals surface area (Å²) in [6.07, 6.45) is 6.09. The number of halogens is 2. The van der Waals surface area contributed by atoms with Crippen molar-refractivity contribution in [1.29, 1.82) is 0 Å². The van der Waals surface area contributed by atoms with Gasteiger partial charge in [0, 0.05) is 18.6 Å². The minimum Gasteiger partial charge on any atom is -0.298 e. The fourth-order valence-electron chi connectivity index (χ4n) is 5.13. The topological polar surface area (TPSA) is 3.24 Å². The molecule has 2 saturated carbocycles. The quantitative estimate of drug-likeness (QED) is 0.366. The molecule has 0 amide bonds. The lowest BCUT2D eigenvalue weighted by molar-refractivity contribution is 0.142. The van der Waals surface area contributed by atoms with Crippen molar-refractivity contribution in [3.05, 3.63) is 70.8 Å². The normalized spacial score (nSPS) is 19.6. The van der Waals surface area contributed by atoms with E-state index in [1.807, 2.05) is 18.2 Å². The number of nitrogens with zero attached hydrogens (tertiary/aromatic N) is 1. The summed E-state index contributed by atoms with van der Waals surface area (Å²) in [5.74, 6) is 0. The second kappa shape index (κ2) is 9.02. The zero-order valence-electron chi connectivity index (χ0n) is 19.3. The molecule has 2 aromatic rings. The van der Waals surface area contributed by atoms with Crippen LogP contribution in [0.15, 0.2) is 48.5 Å². The smallest absolute Gasteiger partial charge is 0.136 e. The van der Waals surface area contributed by atoms with Crippen molar-refractivity contribution < 1.29 is 8.78 Å². The van der Waals surface area contributed by atoms with Crippen LogP contribution >= 0.6 is 0 Å². The Morgan fingerprint density at radius 1 is 0.839 bits per heavy atom. The Hall–Kier alpha value is -1.74. The van der Waals surface area contributed by atoms with Crippen LogP contribution in [-0.4, -0.2) is 23.5 Å². The maximum atomic E-state index is 15.2. The number of hydrogen-bond acceptors (Lipinski definition) is 1. The highest BCUT2D eigenvalue weighted by atomic mass is 19.1. The number of benzene rings is 2. The van der Waals surface area contributed by atoms with E-state index < -0.39 is 11.3 Å². The highest BCUT2D eigenvalue weighted by Gasteiger charge is 2.50. The van der Waals surface area contributed by atoms with Gasteiger partial charge in [0.25, 0.3) is 0 Å². The van der Waals surface area contributed by atoms with Crippen LogP contribution < -0.4 is 0 Å². The van der Waals surface area contributed by atoms with Crippen molar-refractivity contribution in [2.45, 2.75) is 95.6 Å². The van der Waals surface area contributed by atoms with Gasteiger partial charge >= 0.3 is 0 Å². The Morgan fingerprint density at radius 2 is 1.42 bits per heavy atom. The largest absolute Gasteiger partial charge is 0.298 e. The fraction of sp³-hybridized carbons (Fsp3) is 0.571. The molecule has 3 heteroatoms. The van der Waals surface area contributed by atoms with E-state index in [0.717, 1.165) is 48.9 Å². The predicted molar refractivity (Wildman–Crippen MR) is 125 cm³/mol. The van der Waals surface area contributed by atoms with Gasteiger partial charge in [0.1, 0.15) is 11.3 Å². The first-order valence-corrected chi connectivity index (χ1v) is 12.2. The van der Waals surface area contributed by atoms with E-state index >= 15 is 8.78 Å². The average molecular weight is 426 g/mol. The van der Waals surface area contributed by atoms with Crippen molar-refractivity contribution in [3.8, 4) is 0 Å². The third-order valence-corrected chi connectivity index (χ3v) is 7.35. The molecule has 0 aromatic heterocycles. The maximum Gasteiger partial charge on any atom is 0.136 e. The molecule has 2 aliphatic rings. The molecule has 2 fully saturated rings. The van der Waals surface area contributed by atoms with Gasteiger partial charge in [0.15, 0.2) is 0 Å². The van der Waals surface area contributed by atoms with Gasteiger partial charge in [-0.2, -0.15) is 0 Å². The second-order valence-corrected chi connectivity index (χ2v) is 9.93. The molecule has 168 valence electrons. The summed E-state index contributed by atoms with van der Waals surface area (Å²) in [7, 11) is 0. The second-order valence-electron chi connectivity index (χ2n) is 9.93. The van der Waals surface area contributed by atoms with E-state index in [1.54, 1.807) is 0 Å². The zero-order chi connectivity index (χ0) is 22.1. The van der Waals surface area contributed by atoms with Crippen molar-refractivity contribution >= 4 is 0 Å². The van der Waals surface area contributed by atoms with Crippen molar-refractivity contribution in [3.63, 3.8) is 0 Å². The molecule has 4 rings (SSSR count). The Bertz CT molecular complexity index is 832. The van der Waals surface area contributed by atoms with Crippen molar-refractivity contribution in [1.82, 2.24) is 4.90 Å². The molecular weight excluding hydrogens is 388 g/mol. The summed E-state index contributed by atoms with van der Waals surface area (Å²) >= 11 is 0. The standard InChI is InChI=1S/C28H37F2N/c1-4-23(31(21(2)3)20-15-22-9-6-5-7-10-22)13-14-24-25(27(29)16-17-27)11-8-12-26(24)28(30)18-19-28/h5-12,21,23H,4,13-20H2,1-3H3. The van der Waals surface area contributed by atoms with Crippen LogP contribution in [0.2, 0.25) is 0 Å². The zero-order valence-corrected chi connectivity index (χ0v) is 19.3. The summed E-state index contributed by atoms with van der Waals surface area (Å²) in [5, 5.41) is 0. The minimum atomic E-state index is -1.22. The van der Waals surface area contributed by atoms with Crippen LogP contribution in [0.1, 0.15) is 81.5 Å². The summed E-state index contributed by atoms with van der Waals surface area (Å²) in [6, 6.07) is 17.2. The van der Waals surface area contributed by atoms with Gasteiger partial charge in [-0.25, -0.2) is 8.78 Å². The van der Waals surface area contributed by atoms with Gasteiger partial charge < -0.3 is 0 Å².